The number of piperidine rings is 1. The number of carbonyl (C=O) groups excluding carboxylic acids is 2. The number of nitrogens with two attached hydrogens (primary N) is 1. The van der Waals surface area contributed by atoms with Crippen molar-refractivity contribution in [3.8, 4) is 39.3 Å². The predicted molar refractivity (Wildman–Crippen MR) is 293 cm³/mol. The number of fused-ring (bicyclic) bond motifs is 2. The van der Waals surface area contributed by atoms with Gasteiger partial charge >= 0.3 is 0 Å². The Morgan fingerprint density at radius 3 is 2.42 bits per heavy atom. The van der Waals surface area contributed by atoms with Crippen LogP contribution in [0.5, 0.6) is 17.5 Å². The Morgan fingerprint density at radius 2 is 1.69 bits per heavy atom. The lowest BCUT2D eigenvalue weighted by Gasteiger charge is -2.43. The number of aliphatic hydroxyl groups is 1. The first-order valence-corrected chi connectivity index (χ1v) is 28.2. The second-order valence-electron chi connectivity index (χ2n) is 22.2. The number of para-hydroxylation sites is 1. The summed E-state index contributed by atoms with van der Waals surface area (Å²) >= 11 is 1.53. The van der Waals surface area contributed by atoms with Crippen LogP contribution in [-0.4, -0.2) is 138 Å². The van der Waals surface area contributed by atoms with E-state index in [2.05, 4.69) is 62.5 Å². The number of aromatic nitrogens is 6. The van der Waals surface area contributed by atoms with Gasteiger partial charge in [-0.2, -0.15) is 0 Å². The maximum absolute atomic E-state index is 14.3. The fraction of sp³-hybridized carbons (Fsp3) is 0.509. The van der Waals surface area contributed by atoms with Crippen LogP contribution < -0.4 is 30.3 Å². The van der Waals surface area contributed by atoms with Gasteiger partial charge in [-0.3, -0.25) is 14.6 Å². The number of nitrogen functional groups attached to an aromatic ring is 1. The number of β-amino-alcohol motifs (C(OH)–C–C–N with tert-alkyl or cyclic N) is 1. The molecule has 4 saturated heterocycles. The molecule has 5 N–H and O–H groups in total. The quantitative estimate of drug-likeness (QED) is 0.0656. The van der Waals surface area contributed by atoms with Crippen molar-refractivity contribution in [2.24, 2.45) is 17.8 Å². The minimum absolute atomic E-state index is 0.0515. The molecule has 11 rings (SSSR count). The van der Waals surface area contributed by atoms with Gasteiger partial charge in [-0.15, -0.1) is 21.5 Å². The van der Waals surface area contributed by atoms with Gasteiger partial charge in [-0.1, -0.05) is 32.0 Å². The highest BCUT2D eigenvalue weighted by atomic mass is 32.1. The van der Waals surface area contributed by atoms with E-state index in [9.17, 15) is 19.8 Å². The molecule has 0 radical (unpaired) electrons. The van der Waals surface area contributed by atoms with Crippen LogP contribution in [0.25, 0.3) is 21.8 Å². The Balaban J connectivity index is 0.601. The number of aryl methyl sites for hydroxylation is 1. The standard InChI is InChI=1S/C57H70N12O7S/c1-33(2)53(57(73)68-31-42(70)24-48(68)56(72)62-34(3)38-9-12-45(60-27-38)54-35(4)61-32-77-54)50-26-52(65-76-50)74-20-16-36-14-18-66(19-15-36)28-37-21-43(22-37)75-51-23-39(13-17-59-51)69-40-10-11-41(69)30-67(29-40)47-25-46(63-64-55(47)58)44-7-5-6-8-49(44)71/h5-9,12-13,17,23,25-27,32-34,36-37,40-43,48,53,70-71H,10-11,14-16,18-22,24,28-31H2,1-4H3,(H2,58,64)(H,62,72)/t34-,37?,40+,41?,42+,43?,48-,53-/m0/s1. The summed E-state index contributed by atoms with van der Waals surface area (Å²) in [5.74, 6) is 1.60. The smallest absolute Gasteiger partial charge is 0.254 e. The number of aromatic hydroxyl groups is 1. The molecule has 6 aromatic rings. The number of nitrogens with zero attached hydrogens (tertiary/aromatic N) is 10. The number of benzene rings is 1. The summed E-state index contributed by atoms with van der Waals surface area (Å²) in [7, 11) is 0. The van der Waals surface area contributed by atoms with Gasteiger partial charge in [0.1, 0.15) is 23.8 Å². The Hall–Kier alpha value is -6.90. The molecule has 5 aromatic heterocycles. The van der Waals surface area contributed by atoms with Gasteiger partial charge < -0.3 is 54.9 Å². The maximum Gasteiger partial charge on any atom is 0.254 e. The Morgan fingerprint density at radius 1 is 0.896 bits per heavy atom. The van der Waals surface area contributed by atoms with Gasteiger partial charge in [0.25, 0.3) is 5.88 Å². The number of anilines is 3. The molecule has 1 unspecified atom stereocenters. The molecule has 2 amide bonds. The number of rotatable bonds is 18. The molecular formula is C57H70N12O7S. The number of hydrogen-bond acceptors (Lipinski definition) is 18. The zero-order valence-electron chi connectivity index (χ0n) is 44.3. The van der Waals surface area contributed by atoms with Crippen molar-refractivity contribution in [3.63, 3.8) is 0 Å². The number of piperazine rings is 1. The monoisotopic (exact) mass is 1070 g/mol. The van der Waals surface area contributed by atoms with Crippen LogP contribution in [-0.2, 0) is 9.59 Å². The molecule has 4 aliphatic heterocycles. The highest BCUT2D eigenvalue weighted by molar-refractivity contribution is 7.13. The van der Waals surface area contributed by atoms with Gasteiger partial charge in [0, 0.05) is 80.5 Å². The van der Waals surface area contributed by atoms with Gasteiger partial charge in [0.2, 0.25) is 17.7 Å². The number of thiazole rings is 1. The van der Waals surface area contributed by atoms with Crippen molar-refractivity contribution in [2.75, 3.05) is 61.4 Å². The van der Waals surface area contributed by atoms with Crippen LogP contribution in [0.3, 0.4) is 0 Å². The van der Waals surface area contributed by atoms with Gasteiger partial charge in [0.15, 0.2) is 11.6 Å². The molecule has 9 heterocycles. The van der Waals surface area contributed by atoms with Crippen molar-refractivity contribution in [3.05, 3.63) is 95.6 Å². The van der Waals surface area contributed by atoms with Gasteiger partial charge in [0.05, 0.1) is 51.9 Å². The molecule has 20 heteroatoms. The molecule has 5 aliphatic rings. The third-order valence-corrected chi connectivity index (χ3v) is 17.5. The van der Waals surface area contributed by atoms with E-state index in [0.29, 0.717) is 65.1 Å². The van der Waals surface area contributed by atoms with Crippen LogP contribution in [0.4, 0.5) is 17.2 Å². The van der Waals surface area contributed by atoms with Crippen molar-refractivity contribution >= 4 is 40.3 Å². The average molecular weight is 1070 g/mol. The Bertz CT molecular complexity index is 3000. The number of likely N-dealkylation sites (tertiary alicyclic amines) is 2. The highest BCUT2D eigenvalue weighted by Gasteiger charge is 2.44. The van der Waals surface area contributed by atoms with E-state index in [1.165, 1.54) is 16.2 Å². The number of aliphatic hydroxyl groups excluding tert-OH is 1. The third kappa shape index (κ3) is 11.4. The van der Waals surface area contributed by atoms with Crippen molar-refractivity contribution in [1.29, 1.82) is 0 Å². The second kappa shape index (κ2) is 22.6. The van der Waals surface area contributed by atoms with E-state index in [-0.39, 0.29) is 48.6 Å². The first-order chi connectivity index (χ1) is 37.3. The number of hydrogen-bond donors (Lipinski definition) is 4. The number of amides is 2. The Labute approximate surface area is 453 Å². The van der Waals surface area contributed by atoms with Crippen LogP contribution >= 0.6 is 11.3 Å². The van der Waals surface area contributed by atoms with Crippen LogP contribution in [0.2, 0.25) is 0 Å². The largest absolute Gasteiger partial charge is 0.507 e. The average Bonchev–Trinajstić information content (AvgIpc) is 4.22. The molecule has 19 nitrogen and oxygen atoms in total. The second-order valence-corrected chi connectivity index (χ2v) is 23.0. The van der Waals surface area contributed by atoms with Crippen molar-refractivity contribution < 1.29 is 33.8 Å². The lowest BCUT2D eigenvalue weighted by atomic mass is 9.81. The molecule has 1 saturated carbocycles. The SMILES string of the molecule is Cc1ncsc1-c1ccc([C@H](C)NC(=O)[C@@H]2C[C@@H](O)CN2C(=O)[C@H](c2cc(OCCC3CCN(CC4CC(Oc5cc(N6C7CC[C@@H]6CN(c6cc(-c8ccccc8O)nnc6N)C7)ccn5)C4)CC3)no2)C(C)C)cn1. The number of nitrogens with one attached hydrogen (secondary N) is 1. The zero-order chi connectivity index (χ0) is 53.3. The lowest BCUT2D eigenvalue weighted by Crippen LogP contribution is -2.54. The van der Waals surface area contributed by atoms with E-state index in [1.807, 2.05) is 64.2 Å². The van der Waals surface area contributed by atoms with Crippen molar-refractivity contribution in [1.82, 2.24) is 45.4 Å². The minimum atomic E-state index is -0.839. The number of ether oxygens (including phenoxy) is 2. The van der Waals surface area contributed by atoms with E-state index < -0.39 is 18.1 Å². The first-order valence-electron chi connectivity index (χ1n) is 27.4. The zero-order valence-corrected chi connectivity index (χ0v) is 45.1. The van der Waals surface area contributed by atoms with E-state index >= 15 is 0 Å². The topological polar surface area (TPSA) is 235 Å². The molecule has 5 fully saturated rings. The first kappa shape index (κ1) is 52.2. The van der Waals surface area contributed by atoms with Gasteiger partial charge in [-0.25, -0.2) is 9.97 Å². The van der Waals surface area contributed by atoms with E-state index in [0.717, 1.165) is 111 Å². The summed E-state index contributed by atoms with van der Waals surface area (Å²) in [6.07, 6.45) is 10.4. The summed E-state index contributed by atoms with van der Waals surface area (Å²) in [6.45, 7) is 13.0. The van der Waals surface area contributed by atoms with Crippen LogP contribution in [0, 0.1) is 24.7 Å². The number of carbonyl (C=O) groups is 2. The Kier molecular flexibility index (Phi) is 15.3. The number of phenols is 1. The molecule has 2 bridgehead atoms. The van der Waals surface area contributed by atoms with E-state index in [1.54, 1.807) is 29.9 Å². The summed E-state index contributed by atoms with van der Waals surface area (Å²) in [4.78, 5) is 51.5. The molecule has 406 valence electrons. The number of phenolic OH excluding ortho intramolecular Hbond substituents is 1. The lowest BCUT2D eigenvalue weighted by molar-refractivity contribution is -0.141. The predicted octanol–water partition coefficient (Wildman–Crippen LogP) is 7.42. The maximum atomic E-state index is 14.3. The molecule has 6 atom stereocenters. The summed E-state index contributed by atoms with van der Waals surface area (Å²) < 4.78 is 18.3. The molecule has 77 heavy (non-hydrogen) atoms. The summed E-state index contributed by atoms with van der Waals surface area (Å²) in [6, 6.07) is 18.3. The summed E-state index contributed by atoms with van der Waals surface area (Å²) in [5, 5.41) is 37.0. The van der Waals surface area contributed by atoms with Crippen LogP contribution in [0.15, 0.2) is 83.1 Å². The van der Waals surface area contributed by atoms with Crippen LogP contribution in [0.1, 0.15) is 101 Å². The normalized spacial score (nSPS) is 23.5. The fourth-order valence-electron chi connectivity index (χ4n) is 12.3. The highest BCUT2D eigenvalue weighted by Crippen LogP contribution is 2.41. The third-order valence-electron chi connectivity index (χ3n) is 16.5. The number of pyridine rings is 2. The molecule has 1 aromatic carbocycles. The van der Waals surface area contributed by atoms with E-state index in [4.69, 9.17) is 19.7 Å². The van der Waals surface area contributed by atoms with Gasteiger partial charge in [-0.05, 0) is 131 Å². The minimum Gasteiger partial charge on any atom is -0.507 e. The fourth-order valence-corrected chi connectivity index (χ4v) is 13.1. The molecular weight excluding hydrogens is 997 g/mol. The molecule has 0 spiro atoms. The summed E-state index contributed by atoms with van der Waals surface area (Å²) in [5.41, 5.74) is 14.0. The van der Waals surface area contributed by atoms with Crippen molar-refractivity contribution in [2.45, 2.75) is 121 Å². The molecule has 1 aliphatic carbocycles.